The normalized spacial score (nSPS) is 12.3. The lowest BCUT2D eigenvalue weighted by Crippen LogP contribution is -2.35. The first-order valence-electron chi connectivity index (χ1n) is 5.66. The molecule has 0 aliphatic rings. The van der Waals surface area contributed by atoms with Gasteiger partial charge in [0.25, 0.3) is 0 Å². The molecule has 0 bridgehead atoms. The fourth-order valence-corrected chi connectivity index (χ4v) is 1.42. The Morgan fingerprint density at radius 2 is 1.89 bits per heavy atom. The van der Waals surface area contributed by atoms with Crippen LogP contribution in [-0.4, -0.2) is 11.9 Å². The first-order chi connectivity index (χ1) is 8.45. The molecule has 1 rings (SSSR count). The summed E-state index contributed by atoms with van der Waals surface area (Å²) < 4.78 is 38.5. The molecule has 0 radical (unpaired) electrons. The maximum atomic E-state index is 12.9. The van der Waals surface area contributed by atoms with E-state index in [0.29, 0.717) is 18.6 Å². The SMILES string of the molecule is CCCC[C@H](N)C(=O)Nc1cc(F)c(F)c(F)c1. The molecule has 0 saturated carbocycles. The Kier molecular flexibility index (Phi) is 5.15. The lowest BCUT2D eigenvalue weighted by Gasteiger charge is -2.12. The van der Waals surface area contributed by atoms with E-state index in [2.05, 4.69) is 5.32 Å². The highest BCUT2D eigenvalue weighted by atomic mass is 19.2. The average Bonchev–Trinajstić information content (AvgIpc) is 2.32. The van der Waals surface area contributed by atoms with E-state index in [1.54, 1.807) is 0 Å². The van der Waals surface area contributed by atoms with E-state index >= 15 is 0 Å². The third-order valence-corrected chi connectivity index (χ3v) is 2.46. The summed E-state index contributed by atoms with van der Waals surface area (Å²) >= 11 is 0. The van der Waals surface area contributed by atoms with Crippen LogP contribution in [0.15, 0.2) is 12.1 Å². The number of amides is 1. The van der Waals surface area contributed by atoms with Gasteiger partial charge >= 0.3 is 0 Å². The Labute approximate surface area is 103 Å². The van der Waals surface area contributed by atoms with E-state index in [9.17, 15) is 18.0 Å². The van der Waals surface area contributed by atoms with Gasteiger partial charge in [-0.05, 0) is 6.42 Å². The van der Waals surface area contributed by atoms with Crippen molar-refractivity contribution in [3.8, 4) is 0 Å². The maximum absolute atomic E-state index is 12.9. The number of benzene rings is 1. The van der Waals surface area contributed by atoms with Crippen LogP contribution in [0.1, 0.15) is 26.2 Å². The number of rotatable bonds is 5. The van der Waals surface area contributed by atoms with Crippen LogP contribution in [0.5, 0.6) is 0 Å². The molecule has 0 saturated heterocycles. The molecule has 0 aromatic heterocycles. The fourth-order valence-electron chi connectivity index (χ4n) is 1.42. The Balaban J connectivity index is 2.70. The van der Waals surface area contributed by atoms with Gasteiger partial charge < -0.3 is 11.1 Å². The fraction of sp³-hybridized carbons (Fsp3) is 0.417. The van der Waals surface area contributed by atoms with Crippen LogP contribution in [0.2, 0.25) is 0 Å². The zero-order chi connectivity index (χ0) is 13.7. The predicted molar refractivity (Wildman–Crippen MR) is 62.4 cm³/mol. The van der Waals surface area contributed by atoms with Crippen molar-refractivity contribution in [3.05, 3.63) is 29.6 Å². The minimum Gasteiger partial charge on any atom is -0.325 e. The highest BCUT2D eigenvalue weighted by Crippen LogP contribution is 2.17. The van der Waals surface area contributed by atoms with E-state index in [4.69, 9.17) is 5.73 Å². The molecule has 1 aromatic rings. The van der Waals surface area contributed by atoms with E-state index in [0.717, 1.165) is 12.8 Å². The molecule has 0 heterocycles. The summed E-state index contributed by atoms with van der Waals surface area (Å²) in [5.41, 5.74) is 5.43. The molecule has 1 amide bonds. The number of hydrogen-bond donors (Lipinski definition) is 2. The van der Waals surface area contributed by atoms with Crippen LogP contribution < -0.4 is 11.1 Å². The van der Waals surface area contributed by atoms with Gasteiger partial charge in [-0.25, -0.2) is 13.2 Å². The Morgan fingerprint density at radius 1 is 1.33 bits per heavy atom. The number of unbranched alkanes of at least 4 members (excludes halogenated alkanes) is 1. The van der Waals surface area contributed by atoms with Crippen LogP contribution in [0.25, 0.3) is 0 Å². The predicted octanol–water partition coefficient (Wildman–Crippen LogP) is 2.56. The number of nitrogens with two attached hydrogens (primary N) is 1. The second-order valence-corrected chi connectivity index (χ2v) is 3.99. The molecule has 1 atom stereocenters. The van der Waals surface area contributed by atoms with Gasteiger partial charge in [0.15, 0.2) is 17.5 Å². The zero-order valence-corrected chi connectivity index (χ0v) is 9.97. The standard InChI is InChI=1S/C12H15F3N2O/c1-2-3-4-10(16)12(18)17-7-5-8(13)11(15)9(14)6-7/h5-6,10H,2-4,16H2,1H3,(H,17,18)/t10-/m0/s1. The second kappa shape index (κ2) is 6.39. The van der Waals surface area contributed by atoms with Crippen molar-refractivity contribution in [2.24, 2.45) is 5.73 Å². The largest absolute Gasteiger partial charge is 0.325 e. The first kappa shape index (κ1) is 14.5. The molecule has 18 heavy (non-hydrogen) atoms. The van der Waals surface area contributed by atoms with Crippen molar-refractivity contribution in [2.75, 3.05) is 5.32 Å². The first-order valence-corrected chi connectivity index (χ1v) is 5.66. The van der Waals surface area contributed by atoms with Gasteiger partial charge in [0, 0.05) is 17.8 Å². The van der Waals surface area contributed by atoms with Crippen molar-refractivity contribution < 1.29 is 18.0 Å². The Hall–Kier alpha value is -1.56. The van der Waals surface area contributed by atoms with Gasteiger partial charge in [0.05, 0.1) is 6.04 Å². The summed E-state index contributed by atoms with van der Waals surface area (Å²) in [4.78, 5) is 11.6. The molecule has 1 aromatic carbocycles. The molecule has 0 unspecified atom stereocenters. The van der Waals surface area contributed by atoms with Gasteiger partial charge in [0.1, 0.15) is 0 Å². The topological polar surface area (TPSA) is 55.1 Å². The minimum absolute atomic E-state index is 0.150. The molecule has 0 spiro atoms. The average molecular weight is 260 g/mol. The van der Waals surface area contributed by atoms with Gasteiger partial charge in [0.2, 0.25) is 5.91 Å². The highest BCUT2D eigenvalue weighted by molar-refractivity contribution is 5.94. The van der Waals surface area contributed by atoms with E-state index in [1.807, 2.05) is 6.92 Å². The molecular formula is C12H15F3N2O. The maximum Gasteiger partial charge on any atom is 0.241 e. The molecule has 6 heteroatoms. The molecule has 3 nitrogen and oxygen atoms in total. The van der Waals surface area contributed by atoms with Crippen LogP contribution in [0.3, 0.4) is 0 Å². The lowest BCUT2D eigenvalue weighted by atomic mass is 10.1. The monoisotopic (exact) mass is 260 g/mol. The molecule has 100 valence electrons. The number of hydrogen-bond acceptors (Lipinski definition) is 2. The number of carbonyl (C=O) groups excluding carboxylic acids is 1. The Bertz CT molecular complexity index is 414. The van der Waals surface area contributed by atoms with Crippen LogP contribution in [0, 0.1) is 17.5 Å². The summed E-state index contributed by atoms with van der Waals surface area (Å²) in [6.07, 6.45) is 2.15. The highest BCUT2D eigenvalue weighted by Gasteiger charge is 2.16. The van der Waals surface area contributed by atoms with Crippen LogP contribution in [-0.2, 0) is 4.79 Å². The number of anilines is 1. The lowest BCUT2D eigenvalue weighted by molar-refractivity contribution is -0.117. The van der Waals surface area contributed by atoms with Crippen molar-refractivity contribution in [2.45, 2.75) is 32.2 Å². The van der Waals surface area contributed by atoms with Gasteiger partial charge in [-0.15, -0.1) is 0 Å². The second-order valence-electron chi connectivity index (χ2n) is 3.99. The summed E-state index contributed by atoms with van der Waals surface area (Å²) in [5, 5.41) is 2.25. The smallest absolute Gasteiger partial charge is 0.241 e. The molecule has 0 aliphatic heterocycles. The van der Waals surface area contributed by atoms with Crippen molar-refractivity contribution in [1.82, 2.24) is 0 Å². The van der Waals surface area contributed by atoms with E-state index in [1.165, 1.54) is 0 Å². The van der Waals surface area contributed by atoms with Gasteiger partial charge in [-0.2, -0.15) is 0 Å². The van der Waals surface area contributed by atoms with E-state index < -0.39 is 29.4 Å². The molecule has 0 aliphatic carbocycles. The number of halogens is 3. The summed E-state index contributed by atoms with van der Waals surface area (Å²) in [7, 11) is 0. The third-order valence-electron chi connectivity index (χ3n) is 2.46. The van der Waals surface area contributed by atoms with Crippen LogP contribution >= 0.6 is 0 Å². The quantitative estimate of drug-likeness (QED) is 0.799. The molecular weight excluding hydrogens is 245 g/mol. The van der Waals surface area contributed by atoms with Crippen molar-refractivity contribution in [1.29, 1.82) is 0 Å². The molecule has 3 N–H and O–H groups in total. The summed E-state index contributed by atoms with van der Waals surface area (Å²) in [5.74, 6) is -4.82. The van der Waals surface area contributed by atoms with Crippen LogP contribution in [0.4, 0.5) is 18.9 Å². The molecule has 0 fully saturated rings. The van der Waals surface area contributed by atoms with Crippen molar-refractivity contribution in [3.63, 3.8) is 0 Å². The van der Waals surface area contributed by atoms with Gasteiger partial charge in [-0.3, -0.25) is 4.79 Å². The minimum atomic E-state index is -1.57. The number of nitrogens with one attached hydrogen (secondary N) is 1. The Morgan fingerprint density at radius 3 is 2.39 bits per heavy atom. The third kappa shape index (κ3) is 3.73. The van der Waals surface area contributed by atoms with E-state index in [-0.39, 0.29) is 5.69 Å². The summed E-state index contributed by atoms with van der Waals surface area (Å²) in [6.45, 7) is 1.95. The zero-order valence-electron chi connectivity index (χ0n) is 9.97. The van der Waals surface area contributed by atoms with Crippen molar-refractivity contribution >= 4 is 11.6 Å². The number of carbonyl (C=O) groups is 1. The van der Waals surface area contributed by atoms with Gasteiger partial charge in [-0.1, -0.05) is 19.8 Å². The summed E-state index contributed by atoms with van der Waals surface area (Å²) in [6, 6.07) is 0.673.